The Morgan fingerprint density at radius 1 is 1.17 bits per heavy atom. The Labute approximate surface area is 142 Å². The predicted octanol–water partition coefficient (Wildman–Crippen LogP) is 3.08. The molecule has 0 atom stereocenters. The minimum Gasteiger partial charge on any atom is -0.348 e. The maximum absolute atomic E-state index is 12.7. The molecule has 2 fully saturated rings. The van der Waals surface area contributed by atoms with E-state index in [0.29, 0.717) is 18.5 Å². The van der Waals surface area contributed by atoms with Crippen molar-refractivity contribution in [3.63, 3.8) is 0 Å². The molecule has 1 aromatic heterocycles. The number of carbonyl (C=O) groups is 1. The smallest absolute Gasteiger partial charge is 0.230 e. The quantitative estimate of drug-likeness (QED) is 0.888. The molecule has 0 radical (unpaired) electrons. The van der Waals surface area contributed by atoms with Crippen LogP contribution in [0.4, 0.5) is 0 Å². The van der Waals surface area contributed by atoms with Crippen molar-refractivity contribution < 1.29 is 4.79 Å². The summed E-state index contributed by atoms with van der Waals surface area (Å²) in [6, 6.07) is 10.4. The Morgan fingerprint density at radius 2 is 1.88 bits per heavy atom. The Morgan fingerprint density at radius 3 is 2.50 bits per heavy atom. The topological polar surface area (TPSA) is 59.8 Å². The van der Waals surface area contributed by atoms with E-state index in [1.165, 1.54) is 25.7 Å². The van der Waals surface area contributed by atoms with Gasteiger partial charge in [0.25, 0.3) is 0 Å². The summed E-state index contributed by atoms with van der Waals surface area (Å²) in [5.74, 6) is 2.64. The third-order valence-corrected chi connectivity index (χ3v) is 5.12. The van der Waals surface area contributed by atoms with Gasteiger partial charge in [-0.25, -0.2) is 0 Å². The summed E-state index contributed by atoms with van der Waals surface area (Å²) < 4.78 is 2.29. The Hall–Kier alpha value is -2.17. The van der Waals surface area contributed by atoms with E-state index in [4.69, 9.17) is 0 Å². The van der Waals surface area contributed by atoms with Gasteiger partial charge in [-0.3, -0.25) is 4.79 Å². The molecule has 5 nitrogen and oxygen atoms in total. The van der Waals surface area contributed by atoms with E-state index in [1.54, 1.807) is 0 Å². The van der Waals surface area contributed by atoms with Gasteiger partial charge in [0.15, 0.2) is 5.82 Å². The van der Waals surface area contributed by atoms with Crippen molar-refractivity contribution in [2.75, 3.05) is 0 Å². The van der Waals surface area contributed by atoms with Crippen molar-refractivity contribution in [2.24, 2.45) is 0 Å². The molecule has 4 rings (SSSR count). The monoisotopic (exact) mass is 324 g/mol. The second kappa shape index (κ2) is 5.72. The fourth-order valence-electron chi connectivity index (χ4n) is 3.17. The number of hydrogen-bond acceptors (Lipinski definition) is 3. The highest BCUT2D eigenvalue weighted by molar-refractivity contribution is 5.87. The molecule has 1 heterocycles. The molecule has 24 heavy (non-hydrogen) atoms. The van der Waals surface area contributed by atoms with E-state index in [9.17, 15) is 4.79 Å². The van der Waals surface area contributed by atoms with Gasteiger partial charge in [-0.1, -0.05) is 30.3 Å². The van der Waals surface area contributed by atoms with Gasteiger partial charge in [-0.15, -0.1) is 10.2 Å². The third kappa shape index (κ3) is 2.83. The molecule has 1 aromatic carbocycles. The molecule has 0 unspecified atom stereocenters. The first-order valence-electron chi connectivity index (χ1n) is 8.85. The largest absolute Gasteiger partial charge is 0.348 e. The summed E-state index contributed by atoms with van der Waals surface area (Å²) in [4.78, 5) is 12.7. The van der Waals surface area contributed by atoms with E-state index in [0.717, 1.165) is 17.2 Å². The Kier molecular flexibility index (Phi) is 3.66. The average molecular weight is 324 g/mol. The lowest BCUT2D eigenvalue weighted by Crippen LogP contribution is -2.40. The van der Waals surface area contributed by atoms with Crippen LogP contribution in [-0.4, -0.2) is 20.7 Å². The van der Waals surface area contributed by atoms with Crippen molar-refractivity contribution in [2.45, 2.75) is 63.5 Å². The highest BCUT2D eigenvalue weighted by Crippen LogP contribution is 2.44. The molecule has 0 aliphatic heterocycles. The van der Waals surface area contributed by atoms with Crippen molar-refractivity contribution in [3.8, 4) is 0 Å². The van der Waals surface area contributed by atoms with Crippen LogP contribution in [0.2, 0.25) is 0 Å². The van der Waals surface area contributed by atoms with E-state index in [-0.39, 0.29) is 5.91 Å². The minimum absolute atomic E-state index is 0.0204. The van der Waals surface area contributed by atoms with Crippen molar-refractivity contribution >= 4 is 5.91 Å². The van der Waals surface area contributed by atoms with Gasteiger partial charge in [0.05, 0.1) is 12.0 Å². The van der Waals surface area contributed by atoms with Crippen LogP contribution in [0.1, 0.15) is 68.7 Å². The van der Waals surface area contributed by atoms with Crippen molar-refractivity contribution in [1.82, 2.24) is 20.1 Å². The van der Waals surface area contributed by atoms with Crippen LogP contribution in [0, 0.1) is 0 Å². The van der Waals surface area contributed by atoms with Gasteiger partial charge in [0.1, 0.15) is 5.82 Å². The summed E-state index contributed by atoms with van der Waals surface area (Å²) in [5, 5.41) is 11.8. The Balaban J connectivity index is 1.48. The van der Waals surface area contributed by atoms with Gasteiger partial charge in [-0.05, 0) is 45.1 Å². The van der Waals surface area contributed by atoms with Crippen LogP contribution in [0.25, 0.3) is 0 Å². The zero-order valence-corrected chi connectivity index (χ0v) is 14.3. The lowest BCUT2D eigenvalue weighted by Gasteiger charge is -2.24. The van der Waals surface area contributed by atoms with Crippen molar-refractivity contribution in [3.05, 3.63) is 47.5 Å². The van der Waals surface area contributed by atoms with Crippen molar-refractivity contribution in [1.29, 1.82) is 0 Å². The van der Waals surface area contributed by atoms with Crippen LogP contribution in [-0.2, 0) is 16.8 Å². The van der Waals surface area contributed by atoms with E-state index in [1.807, 2.05) is 44.2 Å². The van der Waals surface area contributed by atoms with Crippen LogP contribution >= 0.6 is 0 Å². The van der Waals surface area contributed by atoms with Crippen LogP contribution in [0.3, 0.4) is 0 Å². The molecule has 5 heteroatoms. The molecule has 126 valence electrons. The molecule has 0 spiro atoms. The summed E-state index contributed by atoms with van der Waals surface area (Å²) in [6.45, 7) is 4.36. The minimum atomic E-state index is -0.564. The van der Waals surface area contributed by atoms with Crippen LogP contribution in [0.15, 0.2) is 30.3 Å². The third-order valence-electron chi connectivity index (χ3n) is 5.12. The van der Waals surface area contributed by atoms with Gasteiger partial charge < -0.3 is 9.88 Å². The number of hydrogen-bond donors (Lipinski definition) is 1. The molecule has 1 amide bonds. The van der Waals surface area contributed by atoms with Crippen LogP contribution in [0.5, 0.6) is 0 Å². The van der Waals surface area contributed by atoms with E-state index >= 15 is 0 Å². The van der Waals surface area contributed by atoms with E-state index in [2.05, 4.69) is 20.1 Å². The molecular weight excluding hydrogens is 300 g/mol. The second-order valence-electron chi connectivity index (χ2n) is 7.52. The number of carbonyl (C=O) groups excluding carboxylic acids is 1. The summed E-state index contributed by atoms with van der Waals surface area (Å²) in [6.07, 6.45) is 4.85. The zero-order valence-electron chi connectivity index (χ0n) is 14.3. The molecular formula is C19H24N4O. The number of benzene rings is 1. The highest BCUT2D eigenvalue weighted by Gasteiger charge is 2.36. The van der Waals surface area contributed by atoms with Crippen LogP contribution < -0.4 is 5.32 Å². The lowest BCUT2D eigenvalue weighted by molar-refractivity contribution is -0.125. The fourth-order valence-corrected chi connectivity index (χ4v) is 3.17. The maximum atomic E-state index is 12.7. The fraction of sp³-hybridized carbons (Fsp3) is 0.526. The number of rotatable bonds is 6. The molecule has 1 N–H and O–H groups in total. The SMILES string of the molecule is CC(C)(C(=O)NCc1nnc(C2CC2)n1C1CC1)c1ccccc1. The highest BCUT2D eigenvalue weighted by atomic mass is 16.2. The number of aromatic nitrogens is 3. The molecule has 2 aliphatic rings. The average Bonchev–Trinajstić information content (AvgIpc) is 3.52. The first-order valence-corrected chi connectivity index (χ1v) is 8.85. The first-order chi connectivity index (χ1) is 11.6. The Bertz CT molecular complexity index is 742. The zero-order chi connectivity index (χ0) is 16.7. The maximum Gasteiger partial charge on any atom is 0.230 e. The molecule has 2 aliphatic carbocycles. The standard InChI is InChI=1S/C19H24N4O/c1-19(2,14-6-4-3-5-7-14)18(24)20-12-16-21-22-17(13-8-9-13)23(16)15-10-11-15/h3-7,13,15H,8-12H2,1-2H3,(H,20,24). The molecule has 0 saturated heterocycles. The number of nitrogens with zero attached hydrogens (tertiary/aromatic N) is 3. The molecule has 2 aromatic rings. The van der Waals surface area contributed by atoms with E-state index < -0.39 is 5.41 Å². The molecule has 2 saturated carbocycles. The van der Waals surface area contributed by atoms with Gasteiger partial charge in [0.2, 0.25) is 5.91 Å². The summed E-state index contributed by atoms with van der Waals surface area (Å²) >= 11 is 0. The molecule has 0 bridgehead atoms. The normalized spacial score (nSPS) is 17.8. The summed E-state index contributed by atoms with van der Waals surface area (Å²) in [5.41, 5.74) is 0.454. The van der Waals surface area contributed by atoms with Gasteiger partial charge in [0, 0.05) is 12.0 Å². The number of amides is 1. The predicted molar refractivity (Wildman–Crippen MR) is 91.6 cm³/mol. The van der Waals surface area contributed by atoms with Gasteiger partial charge in [-0.2, -0.15) is 0 Å². The second-order valence-corrected chi connectivity index (χ2v) is 7.52. The summed E-state index contributed by atoms with van der Waals surface area (Å²) in [7, 11) is 0. The lowest BCUT2D eigenvalue weighted by atomic mass is 9.84. The number of nitrogens with one attached hydrogen (secondary N) is 1. The first kappa shape index (κ1) is 15.4. The van der Waals surface area contributed by atoms with Gasteiger partial charge >= 0.3 is 0 Å².